The monoisotopic (exact) mass is 346 g/mol. The van der Waals surface area contributed by atoms with Crippen LogP contribution in [0.1, 0.15) is 30.5 Å². The molecule has 0 aliphatic carbocycles. The van der Waals surface area contributed by atoms with E-state index >= 15 is 0 Å². The van der Waals surface area contributed by atoms with Crippen molar-refractivity contribution in [1.29, 1.82) is 0 Å². The van der Waals surface area contributed by atoms with Crippen molar-refractivity contribution in [3.05, 3.63) is 66.0 Å². The summed E-state index contributed by atoms with van der Waals surface area (Å²) in [6.07, 6.45) is 5.55. The first-order chi connectivity index (χ1) is 12.6. The fraction of sp³-hybridized carbons (Fsp3) is 0.150. The van der Waals surface area contributed by atoms with Crippen LogP contribution in [0.2, 0.25) is 0 Å². The highest BCUT2D eigenvalue weighted by atomic mass is 16.2. The molecule has 0 spiro atoms. The van der Waals surface area contributed by atoms with Crippen molar-refractivity contribution in [1.82, 2.24) is 15.1 Å². The molecule has 1 aliphatic heterocycles. The van der Waals surface area contributed by atoms with Crippen LogP contribution in [-0.4, -0.2) is 26.9 Å². The summed E-state index contributed by atoms with van der Waals surface area (Å²) in [6, 6.07) is 13.1. The van der Waals surface area contributed by atoms with E-state index in [1.807, 2.05) is 48.5 Å². The molecule has 3 aromatic rings. The number of nitrogens with one attached hydrogen (secondary N) is 2. The van der Waals surface area contributed by atoms with Crippen molar-refractivity contribution in [3.8, 4) is 0 Å². The maximum absolute atomic E-state index is 12.6. The van der Waals surface area contributed by atoms with E-state index in [1.54, 1.807) is 17.3 Å². The normalized spacial score (nSPS) is 15.7. The van der Waals surface area contributed by atoms with Crippen LogP contribution in [0.15, 0.2) is 54.9 Å². The third kappa shape index (κ3) is 2.97. The summed E-state index contributed by atoms with van der Waals surface area (Å²) in [5.41, 5.74) is 3.63. The van der Waals surface area contributed by atoms with Gasteiger partial charge in [0.05, 0.1) is 24.2 Å². The Labute approximate surface area is 150 Å². The summed E-state index contributed by atoms with van der Waals surface area (Å²) >= 11 is 0. The van der Waals surface area contributed by atoms with Gasteiger partial charge >= 0.3 is 0 Å². The zero-order chi connectivity index (χ0) is 18.1. The van der Waals surface area contributed by atoms with Crippen LogP contribution in [0.25, 0.3) is 17.0 Å². The first kappa shape index (κ1) is 16.1. The molecule has 0 bridgehead atoms. The average molecular weight is 346 g/mol. The number of hydrogen-bond acceptors (Lipinski definition) is 3. The number of carbonyl (C=O) groups excluding carboxylic acids is 2. The molecule has 2 N–H and O–H groups in total. The topological polar surface area (TPSA) is 78.1 Å². The number of fused-ring (bicyclic) bond motifs is 2. The Morgan fingerprint density at radius 2 is 2.08 bits per heavy atom. The van der Waals surface area contributed by atoms with Crippen molar-refractivity contribution in [2.45, 2.75) is 19.4 Å². The highest BCUT2D eigenvalue weighted by Gasteiger charge is 2.28. The van der Waals surface area contributed by atoms with Crippen LogP contribution in [0.3, 0.4) is 0 Å². The number of aromatic nitrogens is 2. The van der Waals surface area contributed by atoms with Gasteiger partial charge in [-0.3, -0.25) is 14.7 Å². The number of nitrogens with zero attached hydrogens (tertiary/aromatic N) is 2. The second-order valence-electron chi connectivity index (χ2n) is 6.31. The first-order valence-electron chi connectivity index (χ1n) is 8.41. The van der Waals surface area contributed by atoms with E-state index in [-0.39, 0.29) is 24.3 Å². The van der Waals surface area contributed by atoms with E-state index in [0.29, 0.717) is 5.69 Å². The van der Waals surface area contributed by atoms with Gasteiger partial charge in [0.2, 0.25) is 11.8 Å². The Balaban J connectivity index is 1.56. The molecule has 6 heteroatoms. The van der Waals surface area contributed by atoms with Gasteiger partial charge in [0.1, 0.15) is 0 Å². The summed E-state index contributed by atoms with van der Waals surface area (Å²) < 4.78 is 0. The maximum Gasteiger partial charge on any atom is 0.226 e. The zero-order valence-corrected chi connectivity index (χ0v) is 14.3. The van der Waals surface area contributed by atoms with E-state index in [4.69, 9.17) is 0 Å². The molecule has 2 aromatic carbocycles. The molecule has 1 unspecified atom stereocenters. The molecule has 1 aliphatic rings. The lowest BCUT2D eigenvalue weighted by Crippen LogP contribution is -2.33. The second-order valence-corrected chi connectivity index (χ2v) is 6.31. The molecular formula is C20H18N4O2. The van der Waals surface area contributed by atoms with Gasteiger partial charge in [0.15, 0.2) is 0 Å². The fourth-order valence-corrected chi connectivity index (χ4v) is 3.32. The van der Waals surface area contributed by atoms with Crippen LogP contribution in [-0.2, 0) is 9.59 Å². The first-order valence-corrected chi connectivity index (χ1v) is 8.41. The summed E-state index contributed by atoms with van der Waals surface area (Å²) in [7, 11) is 0. The predicted octanol–water partition coefficient (Wildman–Crippen LogP) is 3.47. The van der Waals surface area contributed by atoms with Crippen LogP contribution in [0, 0.1) is 0 Å². The highest BCUT2D eigenvalue weighted by molar-refractivity contribution is 5.94. The Morgan fingerprint density at radius 3 is 2.92 bits per heavy atom. The van der Waals surface area contributed by atoms with Gasteiger partial charge < -0.3 is 10.2 Å². The molecule has 6 nitrogen and oxygen atoms in total. The number of aromatic amines is 1. The summed E-state index contributed by atoms with van der Waals surface area (Å²) in [5, 5.41) is 10.7. The summed E-state index contributed by atoms with van der Waals surface area (Å²) in [6.45, 7) is 1.51. The summed E-state index contributed by atoms with van der Waals surface area (Å²) in [4.78, 5) is 26.3. The van der Waals surface area contributed by atoms with Crippen LogP contribution in [0.5, 0.6) is 0 Å². The molecule has 130 valence electrons. The number of benzene rings is 2. The molecular weight excluding hydrogens is 328 g/mol. The Kier molecular flexibility index (Phi) is 4.01. The molecule has 2 amide bonds. The molecule has 1 aromatic heterocycles. The van der Waals surface area contributed by atoms with Gasteiger partial charge in [-0.2, -0.15) is 5.10 Å². The lowest BCUT2D eigenvalue weighted by molar-refractivity contribution is -0.129. The fourth-order valence-electron chi connectivity index (χ4n) is 3.32. The molecule has 0 saturated heterocycles. The molecule has 0 fully saturated rings. The second kappa shape index (κ2) is 6.48. The van der Waals surface area contributed by atoms with Crippen molar-refractivity contribution in [2.24, 2.45) is 0 Å². The number of hydrogen-bond donors (Lipinski definition) is 2. The van der Waals surface area contributed by atoms with Crippen molar-refractivity contribution in [3.63, 3.8) is 0 Å². The minimum Gasteiger partial charge on any atom is -0.326 e. The van der Waals surface area contributed by atoms with Crippen LogP contribution < -0.4 is 5.32 Å². The van der Waals surface area contributed by atoms with Crippen molar-refractivity contribution >= 4 is 34.5 Å². The number of amides is 2. The van der Waals surface area contributed by atoms with Gasteiger partial charge in [-0.15, -0.1) is 0 Å². The lowest BCUT2D eigenvalue weighted by atomic mass is 9.93. The van der Waals surface area contributed by atoms with Gasteiger partial charge in [-0.25, -0.2) is 0 Å². The smallest absolute Gasteiger partial charge is 0.226 e. The maximum atomic E-state index is 12.6. The van der Waals surface area contributed by atoms with Crippen molar-refractivity contribution in [2.75, 3.05) is 5.32 Å². The van der Waals surface area contributed by atoms with Crippen LogP contribution in [0.4, 0.5) is 5.69 Å². The highest BCUT2D eigenvalue weighted by Crippen LogP contribution is 2.33. The number of anilines is 1. The Morgan fingerprint density at radius 1 is 1.23 bits per heavy atom. The molecule has 26 heavy (non-hydrogen) atoms. The molecule has 1 atom stereocenters. The minimum absolute atomic E-state index is 0.0895. The summed E-state index contributed by atoms with van der Waals surface area (Å²) in [5.74, 6) is -0.234. The molecule has 0 saturated carbocycles. The van der Waals surface area contributed by atoms with Crippen molar-refractivity contribution < 1.29 is 9.59 Å². The quantitative estimate of drug-likeness (QED) is 0.762. The number of carbonyl (C=O) groups is 2. The van der Waals surface area contributed by atoms with Crippen LogP contribution >= 0.6 is 0 Å². The molecule has 4 rings (SSSR count). The Hall–Kier alpha value is -3.41. The third-order valence-electron chi connectivity index (χ3n) is 4.57. The van der Waals surface area contributed by atoms with Gasteiger partial charge in [-0.1, -0.05) is 24.3 Å². The average Bonchev–Trinajstić information content (AvgIpc) is 3.09. The van der Waals surface area contributed by atoms with E-state index in [2.05, 4.69) is 15.5 Å². The SMILES string of the molecule is CC(=O)N1C=Cc2ccccc2C1CC(=O)Nc1ccc2[nH]ncc2c1. The Bertz CT molecular complexity index is 1020. The van der Waals surface area contributed by atoms with E-state index in [0.717, 1.165) is 22.0 Å². The van der Waals surface area contributed by atoms with E-state index < -0.39 is 0 Å². The standard InChI is InChI=1S/C20H18N4O2/c1-13(25)24-9-8-14-4-2-3-5-17(14)19(24)11-20(26)22-16-6-7-18-15(10-16)12-21-23-18/h2-10,12,19H,11H2,1H3,(H,21,23)(H,22,26). The van der Waals surface area contributed by atoms with Gasteiger partial charge in [0, 0.05) is 24.2 Å². The molecule has 2 heterocycles. The molecule has 0 radical (unpaired) electrons. The van der Waals surface area contributed by atoms with Gasteiger partial charge in [-0.05, 0) is 35.4 Å². The minimum atomic E-state index is -0.314. The van der Waals surface area contributed by atoms with E-state index in [9.17, 15) is 9.59 Å². The third-order valence-corrected chi connectivity index (χ3v) is 4.57. The zero-order valence-electron chi connectivity index (χ0n) is 14.3. The predicted molar refractivity (Wildman–Crippen MR) is 100 cm³/mol. The number of rotatable bonds is 3. The number of H-pyrrole nitrogens is 1. The lowest BCUT2D eigenvalue weighted by Gasteiger charge is -2.32. The largest absolute Gasteiger partial charge is 0.326 e. The van der Waals surface area contributed by atoms with Gasteiger partial charge in [0.25, 0.3) is 0 Å². The van der Waals surface area contributed by atoms with E-state index in [1.165, 1.54) is 6.92 Å².